The minimum Gasteiger partial charge on any atom is -0.466 e. The van der Waals surface area contributed by atoms with E-state index in [9.17, 15) is 4.79 Å². The summed E-state index contributed by atoms with van der Waals surface area (Å²) in [5, 5.41) is 0. The monoisotopic (exact) mass is 327 g/mol. The smallest absolute Gasteiger partial charge is 0.330 e. The molecule has 1 aromatic heterocycles. The van der Waals surface area contributed by atoms with Crippen LogP contribution in [0, 0.1) is 5.92 Å². The zero-order valence-electron chi connectivity index (χ0n) is 11.3. The highest BCUT2D eigenvalue weighted by atomic mass is 79.9. The third-order valence-electron chi connectivity index (χ3n) is 2.54. The van der Waals surface area contributed by atoms with Crippen LogP contribution in [0.15, 0.2) is 29.0 Å². The number of hydrogen-bond donors (Lipinski definition) is 0. The number of rotatable bonds is 6. The van der Waals surface area contributed by atoms with Gasteiger partial charge in [0.05, 0.1) is 11.6 Å². The Morgan fingerprint density at radius 3 is 2.68 bits per heavy atom. The van der Waals surface area contributed by atoms with Crippen molar-refractivity contribution in [1.29, 1.82) is 0 Å². The Balaban J connectivity index is 2.64. The van der Waals surface area contributed by atoms with Gasteiger partial charge in [-0.1, -0.05) is 13.0 Å². The van der Waals surface area contributed by atoms with Crippen LogP contribution in [-0.2, 0) is 9.53 Å². The molecule has 1 unspecified atom stereocenters. The lowest BCUT2D eigenvalue weighted by Gasteiger charge is -2.22. The molecule has 0 spiro atoms. The Bertz CT molecular complexity index is 434. The number of anilines is 1. The second-order valence-corrected chi connectivity index (χ2v) is 5.02. The van der Waals surface area contributed by atoms with Crippen LogP contribution in [0.25, 0.3) is 0 Å². The summed E-state index contributed by atoms with van der Waals surface area (Å²) in [6.07, 6.45) is 6.72. The van der Waals surface area contributed by atoms with Gasteiger partial charge in [0, 0.05) is 31.6 Å². The molecule has 1 rings (SSSR count). The van der Waals surface area contributed by atoms with Gasteiger partial charge in [-0.15, -0.1) is 0 Å². The van der Waals surface area contributed by atoms with Crippen LogP contribution < -0.4 is 4.90 Å². The summed E-state index contributed by atoms with van der Waals surface area (Å²) >= 11 is 3.31. The highest BCUT2D eigenvalue weighted by molar-refractivity contribution is 9.10. The third kappa shape index (κ3) is 5.38. The van der Waals surface area contributed by atoms with E-state index >= 15 is 0 Å². The van der Waals surface area contributed by atoms with Crippen LogP contribution in [0.2, 0.25) is 0 Å². The molecular formula is C13H18BrN3O2. The van der Waals surface area contributed by atoms with Crippen LogP contribution >= 0.6 is 15.9 Å². The first-order valence-corrected chi connectivity index (χ1v) is 6.84. The summed E-state index contributed by atoms with van der Waals surface area (Å²) in [5.74, 6) is 0.546. The number of esters is 1. The minimum atomic E-state index is -0.338. The van der Waals surface area contributed by atoms with Gasteiger partial charge in [-0.3, -0.25) is 0 Å². The average molecular weight is 328 g/mol. The lowest BCUT2D eigenvalue weighted by Crippen LogP contribution is -2.29. The number of halogens is 1. The zero-order valence-corrected chi connectivity index (χ0v) is 12.9. The van der Waals surface area contributed by atoms with Gasteiger partial charge in [-0.25, -0.2) is 14.8 Å². The van der Waals surface area contributed by atoms with E-state index < -0.39 is 0 Å². The lowest BCUT2D eigenvalue weighted by molar-refractivity contribution is -0.134. The van der Waals surface area contributed by atoms with Gasteiger partial charge in [0.25, 0.3) is 0 Å². The van der Waals surface area contributed by atoms with Crippen molar-refractivity contribution in [2.75, 3.05) is 25.1 Å². The second-order valence-electron chi connectivity index (χ2n) is 4.10. The van der Waals surface area contributed by atoms with Crippen LogP contribution in [0.3, 0.4) is 0 Å². The van der Waals surface area contributed by atoms with Crippen molar-refractivity contribution < 1.29 is 9.53 Å². The maximum Gasteiger partial charge on any atom is 0.330 e. The summed E-state index contributed by atoms with van der Waals surface area (Å²) in [4.78, 5) is 21.6. The summed E-state index contributed by atoms with van der Waals surface area (Å²) in [6, 6.07) is 0. The molecule has 1 aromatic rings. The van der Waals surface area contributed by atoms with Gasteiger partial charge in [-0.05, 0) is 28.8 Å². The molecule has 0 aliphatic rings. The Labute approximate surface area is 121 Å². The van der Waals surface area contributed by atoms with E-state index in [1.165, 1.54) is 13.2 Å². The number of hydrogen-bond acceptors (Lipinski definition) is 5. The van der Waals surface area contributed by atoms with Crippen LogP contribution in [0.4, 0.5) is 5.95 Å². The summed E-state index contributed by atoms with van der Waals surface area (Å²) in [6.45, 7) is 5.62. The van der Waals surface area contributed by atoms with Crippen molar-refractivity contribution in [2.45, 2.75) is 13.8 Å². The molecular weight excluding hydrogens is 310 g/mol. The molecule has 0 aliphatic carbocycles. The fourth-order valence-corrected chi connectivity index (χ4v) is 1.75. The van der Waals surface area contributed by atoms with Crippen molar-refractivity contribution >= 4 is 27.8 Å². The molecule has 104 valence electrons. The SMILES string of the molecule is CCN(CC(C)/C=C/C(=O)OC)c1ncc(Br)cn1. The molecule has 0 radical (unpaired) electrons. The second kappa shape index (κ2) is 7.89. The van der Waals surface area contributed by atoms with Crippen molar-refractivity contribution in [2.24, 2.45) is 5.92 Å². The summed E-state index contributed by atoms with van der Waals surface area (Å²) < 4.78 is 5.41. The molecule has 0 bridgehead atoms. The van der Waals surface area contributed by atoms with Gasteiger partial charge >= 0.3 is 5.97 Å². The standard InChI is InChI=1S/C13H18BrN3O2/c1-4-17(13-15-7-11(14)8-16-13)9-10(2)5-6-12(18)19-3/h5-8,10H,4,9H2,1-3H3/b6-5+. The number of ether oxygens (including phenoxy) is 1. The first-order chi connectivity index (χ1) is 9.06. The summed E-state index contributed by atoms with van der Waals surface area (Å²) in [5.41, 5.74) is 0. The van der Waals surface area contributed by atoms with E-state index in [0.29, 0.717) is 5.95 Å². The molecule has 6 heteroatoms. The third-order valence-corrected chi connectivity index (χ3v) is 2.95. The van der Waals surface area contributed by atoms with E-state index in [-0.39, 0.29) is 11.9 Å². The number of carbonyl (C=O) groups excluding carboxylic acids is 1. The van der Waals surface area contributed by atoms with E-state index in [1.54, 1.807) is 12.4 Å². The normalized spacial score (nSPS) is 12.4. The van der Waals surface area contributed by atoms with Crippen LogP contribution in [-0.4, -0.2) is 36.1 Å². The largest absolute Gasteiger partial charge is 0.466 e. The number of aromatic nitrogens is 2. The highest BCUT2D eigenvalue weighted by Gasteiger charge is 2.10. The van der Waals surface area contributed by atoms with Gasteiger partial charge in [0.2, 0.25) is 5.95 Å². The molecule has 0 saturated heterocycles. The fraction of sp³-hybridized carbons (Fsp3) is 0.462. The zero-order chi connectivity index (χ0) is 14.3. The number of nitrogens with zero attached hydrogens (tertiary/aromatic N) is 3. The first-order valence-electron chi connectivity index (χ1n) is 6.05. The summed E-state index contributed by atoms with van der Waals surface area (Å²) in [7, 11) is 1.37. The van der Waals surface area contributed by atoms with Crippen molar-refractivity contribution in [3.63, 3.8) is 0 Å². The van der Waals surface area contributed by atoms with E-state index in [1.807, 2.05) is 19.9 Å². The predicted molar refractivity (Wildman–Crippen MR) is 77.9 cm³/mol. The lowest BCUT2D eigenvalue weighted by atomic mass is 10.1. The highest BCUT2D eigenvalue weighted by Crippen LogP contribution is 2.13. The Morgan fingerprint density at radius 2 is 2.16 bits per heavy atom. The Kier molecular flexibility index (Phi) is 6.49. The predicted octanol–water partition coefficient (Wildman–Crippen LogP) is 2.43. The van der Waals surface area contributed by atoms with E-state index in [2.05, 4.69) is 35.5 Å². The van der Waals surface area contributed by atoms with Gasteiger partial charge in [0.15, 0.2) is 0 Å². The first kappa shape index (κ1) is 15.6. The molecule has 1 atom stereocenters. The molecule has 0 N–H and O–H groups in total. The topological polar surface area (TPSA) is 55.3 Å². The van der Waals surface area contributed by atoms with Gasteiger partial charge < -0.3 is 9.64 Å². The molecule has 0 aliphatic heterocycles. The molecule has 1 heterocycles. The number of carbonyl (C=O) groups is 1. The van der Waals surface area contributed by atoms with Crippen LogP contribution in [0.1, 0.15) is 13.8 Å². The van der Waals surface area contributed by atoms with Gasteiger partial charge in [0.1, 0.15) is 0 Å². The fourth-order valence-electron chi connectivity index (χ4n) is 1.54. The van der Waals surface area contributed by atoms with E-state index in [4.69, 9.17) is 0 Å². The minimum absolute atomic E-state index is 0.200. The quantitative estimate of drug-likeness (QED) is 0.593. The van der Waals surface area contributed by atoms with Crippen molar-refractivity contribution in [3.8, 4) is 0 Å². The van der Waals surface area contributed by atoms with Crippen molar-refractivity contribution in [3.05, 3.63) is 29.0 Å². The van der Waals surface area contributed by atoms with Gasteiger partial charge in [-0.2, -0.15) is 0 Å². The van der Waals surface area contributed by atoms with Crippen LogP contribution in [0.5, 0.6) is 0 Å². The maximum absolute atomic E-state index is 11.0. The average Bonchev–Trinajstić information content (AvgIpc) is 2.43. The number of methoxy groups -OCH3 is 1. The van der Waals surface area contributed by atoms with Crippen molar-refractivity contribution in [1.82, 2.24) is 9.97 Å². The Morgan fingerprint density at radius 1 is 1.53 bits per heavy atom. The molecule has 5 nitrogen and oxygen atoms in total. The molecule has 0 aromatic carbocycles. The Hall–Kier alpha value is -1.43. The van der Waals surface area contributed by atoms with E-state index in [0.717, 1.165) is 17.6 Å². The molecule has 0 saturated carbocycles. The molecule has 0 fully saturated rings. The maximum atomic E-state index is 11.0. The molecule has 19 heavy (non-hydrogen) atoms. The molecule has 0 amide bonds.